The minimum atomic E-state index is -5.15. The molecule has 0 saturated heterocycles. The number of halogens is 7. The van der Waals surface area contributed by atoms with Crippen LogP contribution >= 0.6 is 0 Å². The Morgan fingerprint density at radius 2 is 1.43 bits per heavy atom. The molecule has 0 radical (unpaired) electrons. The summed E-state index contributed by atoms with van der Waals surface area (Å²) in [6.07, 6.45) is 6.53. The lowest BCUT2D eigenvalue weighted by molar-refractivity contribution is -0.275. The van der Waals surface area contributed by atoms with Gasteiger partial charge in [0.1, 0.15) is 5.82 Å². The number of benzene rings is 2. The van der Waals surface area contributed by atoms with Crippen molar-refractivity contribution in [1.82, 2.24) is 0 Å². The fourth-order valence-corrected chi connectivity index (χ4v) is 6.76. The minimum Gasteiger partial charge on any atom is -0.402 e. The average molecular weight is 571 g/mol. The van der Waals surface area contributed by atoms with Gasteiger partial charge in [-0.05, 0) is 104 Å². The molecule has 4 rings (SSSR count). The zero-order chi connectivity index (χ0) is 29.0. The molecule has 2 aromatic rings. The van der Waals surface area contributed by atoms with Crippen LogP contribution in [0.25, 0.3) is 11.7 Å². The largest absolute Gasteiger partial charge is 0.573 e. The molecular formula is C32H37F7O. The molecule has 0 amide bonds. The predicted molar refractivity (Wildman–Crippen MR) is 143 cm³/mol. The van der Waals surface area contributed by atoms with Crippen LogP contribution in [0, 0.1) is 29.4 Å². The van der Waals surface area contributed by atoms with Crippen LogP contribution in [-0.2, 0) is 6.42 Å². The second kappa shape index (κ2) is 13.0. The van der Waals surface area contributed by atoms with Crippen molar-refractivity contribution in [3.63, 3.8) is 0 Å². The first kappa shape index (κ1) is 30.4. The van der Waals surface area contributed by atoms with Crippen molar-refractivity contribution in [2.24, 2.45) is 17.8 Å². The number of alkyl halides is 3. The molecule has 2 aromatic carbocycles. The zero-order valence-electron chi connectivity index (χ0n) is 23.0. The Bertz CT molecular complexity index is 1190. The van der Waals surface area contributed by atoms with Crippen LogP contribution in [0.15, 0.2) is 30.3 Å². The summed E-state index contributed by atoms with van der Waals surface area (Å²) in [5.74, 6) is -4.15. The van der Waals surface area contributed by atoms with Gasteiger partial charge in [-0.3, -0.25) is 0 Å². The van der Waals surface area contributed by atoms with E-state index in [-0.39, 0.29) is 17.9 Å². The molecule has 0 atom stereocenters. The van der Waals surface area contributed by atoms with E-state index in [4.69, 9.17) is 0 Å². The van der Waals surface area contributed by atoms with E-state index < -0.39 is 46.5 Å². The molecule has 8 heteroatoms. The second-order valence-corrected chi connectivity index (χ2v) is 11.4. The summed E-state index contributed by atoms with van der Waals surface area (Å²) in [5, 5.41) is 0. The van der Waals surface area contributed by atoms with Crippen LogP contribution in [-0.4, -0.2) is 6.36 Å². The summed E-state index contributed by atoms with van der Waals surface area (Å²) in [5.41, 5.74) is -0.803. The third-order valence-electron chi connectivity index (χ3n) is 8.89. The number of hydrogen-bond donors (Lipinski definition) is 0. The van der Waals surface area contributed by atoms with Crippen LogP contribution in [0.4, 0.5) is 30.7 Å². The van der Waals surface area contributed by atoms with E-state index in [1.165, 1.54) is 57.6 Å². The van der Waals surface area contributed by atoms with Crippen molar-refractivity contribution in [1.29, 1.82) is 0 Å². The van der Waals surface area contributed by atoms with E-state index in [2.05, 4.69) is 11.7 Å². The van der Waals surface area contributed by atoms with E-state index in [0.29, 0.717) is 12.0 Å². The van der Waals surface area contributed by atoms with Crippen molar-refractivity contribution in [2.45, 2.75) is 96.8 Å². The fraction of sp³-hybridized carbons (Fsp3) is 0.562. The Hall–Kier alpha value is -2.51. The summed E-state index contributed by atoms with van der Waals surface area (Å²) in [7, 11) is 0. The summed E-state index contributed by atoms with van der Waals surface area (Å²) < 4.78 is 101. The van der Waals surface area contributed by atoms with Gasteiger partial charge in [0.2, 0.25) is 0 Å². The van der Waals surface area contributed by atoms with Crippen molar-refractivity contribution >= 4 is 11.7 Å². The molecule has 1 nitrogen and oxygen atoms in total. The smallest absolute Gasteiger partial charge is 0.402 e. The van der Waals surface area contributed by atoms with Gasteiger partial charge < -0.3 is 4.74 Å². The SMILES string of the molecule is CCCC1CCC(C2CCC(c3ccc(/C(F)=C(\F)c4cc(F)c(OC(F)(F)F)c(CC)c4)c(F)c3)CC2)CC1. The summed E-state index contributed by atoms with van der Waals surface area (Å²) >= 11 is 0. The van der Waals surface area contributed by atoms with E-state index in [9.17, 15) is 17.6 Å². The normalized spacial score (nSPS) is 24.5. The van der Waals surface area contributed by atoms with E-state index in [1.54, 1.807) is 6.07 Å². The number of hydrogen-bond acceptors (Lipinski definition) is 1. The van der Waals surface area contributed by atoms with Crippen LogP contribution in [0.5, 0.6) is 5.75 Å². The third kappa shape index (κ3) is 7.22. The van der Waals surface area contributed by atoms with Gasteiger partial charge in [-0.25, -0.2) is 17.6 Å². The van der Waals surface area contributed by atoms with E-state index >= 15 is 13.2 Å². The molecule has 0 spiro atoms. The molecule has 2 saturated carbocycles. The van der Waals surface area contributed by atoms with Crippen molar-refractivity contribution < 1.29 is 35.5 Å². The molecule has 0 heterocycles. The highest BCUT2D eigenvalue weighted by Gasteiger charge is 2.34. The van der Waals surface area contributed by atoms with Crippen LogP contribution < -0.4 is 4.74 Å². The highest BCUT2D eigenvalue weighted by atomic mass is 19.4. The van der Waals surface area contributed by atoms with Gasteiger partial charge in [0.05, 0.1) is 0 Å². The van der Waals surface area contributed by atoms with Gasteiger partial charge in [0, 0.05) is 11.1 Å². The molecule has 0 aromatic heterocycles. The molecule has 0 unspecified atom stereocenters. The molecule has 2 aliphatic carbocycles. The van der Waals surface area contributed by atoms with Gasteiger partial charge in [-0.2, -0.15) is 0 Å². The number of aryl methyl sites for hydroxylation is 1. The quantitative estimate of drug-likeness (QED) is 0.227. The van der Waals surface area contributed by atoms with E-state index in [1.807, 2.05) is 0 Å². The molecular weight excluding hydrogens is 533 g/mol. The lowest BCUT2D eigenvalue weighted by Gasteiger charge is -2.38. The molecule has 2 fully saturated rings. The standard InChI is InChI=1S/C32H37F7O/c1-3-5-19-6-8-21(9-7-19)22-10-12-23(13-11-22)24-14-15-26(27(33)17-24)30(36)29(35)25-16-20(4-2)31(28(34)18-25)40-32(37,38)39/h14-19,21-23H,3-13H2,1-2H3/b30-29+. The Morgan fingerprint density at radius 1 is 0.800 bits per heavy atom. The van der Waals surface area contributed by atoms with E-state index in [0.717, 1.165) is 49.1 Å². The summed E-state index contributed by atoms with van der Waals surface area (Å²) in [6, 6.07) is 5.31. The zero-order valence-corrected chi connectivity index (χ0v) is 23.0. The maximum absolute atomic E-state index is 15.1. The Labute approximate surface area is 231 Å². The Morgan fingerprint density at radius 3 is 1.98 bits per heavy atom. The maximum Gasteiger partial charge on any atom is 0.573 e. The minimum absolute atomic E-state index is 0.128. The van der Waals surface area contributed by atoms with Crippen LogP contribution in [0.1, 0.15) is 106 Å². The highest BCUT2D eigenvalue weighted by Crippen LogP contribution is 2.45. The highest BCUT2D eigenvalue weighted by molar-refractivity contribution is 5.83. The lowest BCUT2D eigenvalue weighted by atomic mass is 9.68. The van der Waals surface area contributed by atoms with Gasteiger partial charge in [0.15, 0.2) is 23.2 Å². The van der Waals surface area contributed by atoms with Gasteiger partial charge in [-0.15, -0.1) is 13.2 Å². The Balaban J connectivity index is 1.45. The fourth-order valence-electron chi connectivity index (χ4n) is 6.76. The second-order valence-electron chi connectivity index (χ2n) is 11.4. The maximum atomic E-state index is 15.1. The van der Waals surface area contributed by atoms with Gasteiger partial charge in [-0.1, -0.05) is 45.6 Å². The average Bonchev–Trinajstić information content (AvgIpc) is 2.93. The number of rotatable bonds is 8. The summed E-state index contributed by atoms with van der Waals surface area (Å²) in [6.45, 7) is 3.66. The number of ether oxygens (including phenoxy) is 1. The Kier molecular flexibility index (Phi) is 9.89. The molecule has 2 aliphatic rings. The topological polar surface area (TPSA) is 9.23 Å². The van der Waals surface area contributed by atoms with Crippen molar-refractivity contribution in [2.75, 3.05) is 0 Å². The molecule has 220 valence electrons. The van der Waals surface area contributed by atoms with Gasteiger partial charge in [0.25, 0.3) is 0 Å². The first-order valence-electron chi connectivity index (χ1n) is 14.4. The predicted octanol–water partition coefficient (Wildman–Crippen LogP) is 11.1. The van der Waals surface area contributed by atoms with Gasteiger partial charge >= 0.3 is 6.36 Å². The molecule has 0 bridgehead atoms. The summed E-state index contributed by atoms with van der Waals surface area (Å²) in [4.78, 5) is 0. The molecule has 0 N–H and O–H groups in total. The van der Waals surface area contributed by atoms with Crippen LogP contribution in [0.2, 0.25) is 0 Å². The first-order valence-corrected chi connectivity index (χ1v) is 14.4. The lowest BCUT2D eigenvalue weighted by Crippen LogP contribution is -2.25. The van der Waals surface area contributed by atoms with Crippen molar-refractivity contribution in [3.05, 3.63) is 64.2 Å². The molecule has 0 aliphatic heterocycles. The molecule has 40 heavy (non-hydrogen) atoms. The first-order chi connectivity index (χ1) is 19.0. The monoisotopic (exact) mass is 570 g/mol. The third-order valence-corrected chi connectivity index (χ3v) is 8.89. The van der Waals surface area contributed by atoms with Crippen LogP contribution in [0.3, 0.4) is 0 Å². The van der Waals surface area contributed by atoms with Crippen molar-refractivity contribution in [3.8, 4) is 5.75 Å².